The number of benzene rings is 2. The average Bonchev–Trinajstić information content (AvgIpc) is 2.51. The maximum Gasteiger partial charge on any atom is 0.224 e. The first-order valence-corrected chi connectivity index (χ1v) is 8.16. The molecule has 1 amide bonds. The SMILES string of the molecule is Cc1cc(OCCCC(=O)Nc2cc(Cl)ccc2C)ccc1Cl. The van der Waals surface area contributed by atoms with Gasteiger partial charge < -0.3 is 10.1 Å². The highest BCUT2D eigenvalue weighted by Crippen LogP contribution is 2.22. The van der Waals surface area contributed by atoms with Crippen LogP contribution in [0.5, 0.6) is 5.75 Å². The average molecular weight is 352 g/mol. The van der Waals surface area contributed by atoms with E-state index in [-0.39, 0.29) is 5.91 Å². The van der Waals surface area contributed by atoms with Crippen molar-refractivity contribution in [2.75, 3.05) is 11.9 Å². The largest absolute Gasteiger partial charge is 0.494 e. The summed E-state index contributed by atoms with van der Waals surface area (Å²) in [6, 6.07) is 10.9. The molecular weight excluding hydrogens is 333 g/mol. The van der Waals surface area contributed by atoms with Crippen LogP contribution in [0, 0.1) is 13.8 Å². The summed E-state index contributed by atoms with van der Waals surface area (Å²) >= 11 is 11.9. The maximum atomic E-state index is 12.0. The lowest BCUT2D eigenvalue weighted by Gasteiger charge is -2.10. The van der Waals surface area contributed by atoms with Gasteiger partial charge in [0.2, 0.25) is 5.91 Å². The first-order valence-electron chi connectivity index (χ1n) is 7.40. The van der Waals surface area contributed by atoms with Gasteiger partial charge in [0.15, 0.2) is 0 Å². The summed E-state index contributed by atoms with van der Waals surface area (Å²) in [4.78, 5) is 12.0. The molecule has 0 spiro atoms. The zero-order valence-electron chi connectivity index (χ0n) is 13.2. The Morgan fingerprint density at radius 3 is 2.61 bits per heavy atom. The molecule has 0 saturated carbocycles. The minimum Gasteiger partial charge on any atom is -0.494 e. The molecule has 0 atom stereocenters. The highest BCUT2D eigenvalue weighted by Gasteiger charge is 2.06. The molecule has 0 aliphatic heterocycles. The molecular formula is C18H19Cl2NO2. The summed E-state index contributed by atoms with van der Waals surface area (Å²) in [5.41, 5.74) is 2.70. The molecule has 0 heterocycles. The van der Waals surface area contributed by atoms with Gasteiger partial charge in [-0.15, -0.1) is 0 Å². The van der Waals surface area contributed by atoms with Gasteiger partial charge in [-0.25, -0.2) is 0 Å². The lowest BCUT2D eigenvalue weighted by atomic mass is 10.2. The lowest BCUT2D eigenvalue weighted by Crippen LogP contribution is -2.13. The third-order valence-corrected chi connectivity index (χ3v) is 4.08. The van der Waals surface area contributed by atoms with Crippen LogP contribution in [0.3, 0.4) is 0 Å². The lowest BCUT2D eigenvalue weighted by molar-refractivity contribution is -0.116. The van der Waals surface area contributed by atoms with E-state index in [1.165, 1.54) is 0 Å². The molecule has 2 rings (SSSR count). The van der Waals surface area contributed by atoms with Gasteiger partial charge in [0, 0.05) is 22.2 Å². The molecule has 23 heavy (non-hydrogen) atoms. The van der Waals surface area contributed by atoms with Crippen molar-refractivity contribution in [2.24, 2.45) is 0 Å². The second kappa shape index (κ2) is 8.23. The molecule has 0 saturated heterocycles. The fraction of sp³-hybridized carbons (Fsp3) is 0.278. The van der Waals surface area contributed by atoms with E-state index in [4.69, 9.17) is 27.9 Å². The van der Waals surface area contributed by atoms with E-state index in [0.717, 1.165) is 22.6 Å². The first kappa shape index (κ1) is 17.6. The second-order valence-electron chi connectivity index (χ2n) is 5.37. The van der Waals surface area contributed by atoms with E-state index < -0.39 is 0 Å². The van der Waals surface area contributed by atoms with Gasteiger partial charge in [0.25, 0.3) is 0 Å². The summed E-state index contributed by atoms with van der Waals surface area (Å²) in [6.45, 7) is 4.33. The Balaban J connectivity index is 1.76. The molecule has 5 heteroatoms. The Bertz CT molecular complexity index is 701. The van der Waals surface area contributed by atoms with Gasteiger partial charge in [-0.2, -0.15) is 0 Å². The Hall–Kier alpha value is -1.71. The van der Waals surface area contributed by atoms with E-state index in [1.54, 1.807) is 18.2 Å². The standard InChI is InChI=1S/C18H19Cl2NO2/c1-12-5-6-14(19)11-17(12)21-18(22)4-3-9-23-15-7-8-16(20)13(2)10-15/h5-8,10-11H,3-4,9H2,1-2H3,(H,21,22). The van der Waals surface area contributed by atoms with Gasteiger partial charge >= 0.3 is 0 Å². The topological polar surface area (TPSA) is 38.3 Å². The number of anilines is 1. The normalized spacial score (nSPS) is 10.4. The van der Waals surface area contributed by atoms with Crippen molar-refractivity contribution in [2.45, 2.75) is 26.7 Å². The minimum atomic E-state index is -0.0498. The van der Waals surface area contributed by atoms with Gasteiger partial charge in [-0.05, 0) is 61.7 Å². The van der Waals surface area contributed by atoms with Crippen LogP contribution in [0.2, 0.25) is 10.0 Å². The molecule has 122 valence electrons. The van der Waals surface area contributed by atoms with Crippen LogP contribution in [-0.2, 0) is 4.79 Å². The predicted molar refractivity (Wildman–Crippen MR) is 95.7 cm³/mol. The van der Waals surface area contributed by atoms with Crippen LogP contribution in [0.15, 0.2) is 36.4 Å². The number of ether oxygens (including phenoxy) is 1. The van der Waals surface area contributed by atoms with Crippen LogP contribution in [-0.4, -0.2) is 12.5 Å². The molecule has 0 bridgehead atoms. The smallest absolute Gasteiger partial charge is 0.224 e. The van der Waals surface area contributed by atoms with Crippen LogP contribution < -0.4 is 10.1 Å². The summed E-state index contributed by atoms with van der Waals surface area (Å²) in [5.74, 6) is 0.712. The minimum absolute atomic E-state index is 0.0498. The molecule has 0 aliphatic rings. The quantitative estimate of drug-likeness (QED) is 0.706. The number of carbonyl (C=O) groups excluding carboxylic acids is 1. The number of aryl methyl sites for hydroxylation is 2. The zero-order valence-corrected chi connectivity index (χ0v) is 14.7. The third kappa shape index (κ3) is 5.45. The summed E-state index contributed by atoms with van der Waals surface area (Å²) in [7, 11) is 0. The van der Waals surface area contributed by atoms with Crippen molar-refractivity contribution in [1.82, 2.24) is 0 Å². The number of hydrogen-bond acceptors (Lipinski definition) is 2. The van der Waals surface area contributed by atoms with Crippen molar-refractivity contribution in [1.29, 1.82) is 0 Å². The highest BCUT2D eigenvalue weighted by molar-refractivity contribution is 6.31. The Morgan fingerprint density at radius 1 is 1.09 bits per heavy atom. The number of halogens is 2. The Kier molecular flexibility index (Phi) is 6.31. The van der Waals surface area contributed by atoms with Gasteiger partial charge in [-0.3, -0.25) is 4.79 Å². The molecule has 0 aromatic heterocycles. The van der Waals surface area contributed by atoms with E-state index in [0.29, 0.717) is 29.5 Å². The maximum absolute atomic E-state index is 12.0. The molecule has 0 fully saturated rings. The van der Waals surface area contributed by atoms with Crippen LogP contribution in [0.1, 0.15) is 24.0 Å². The summed E-state index contributed by atoms with van der Waals surface area (Å²) < 4.78 is 5.63. The molecule has 0 radical (unpaired) electrons. The van der Waals surface area contributed by atoms with Crippen molar-refractivity contribution < 1.29 is 9.53 Å². The number of hydrogen-bond donors (Lipinski definition) is 1. The third-order valence-electron chi connectivity index (χ3n) is 3.42. The molecule has 3 nitrogen and oxygen atoms in total. The number of carbonyl (C=O) groups is 1. The van der Waals surface area contributed by atoms with Crippen molar-refractivity contribution in [3.05, 3.63) is 57.6 Å². The number of amides is 1. The van der Waals surface area contributed by atoms with Crippen LogP contribution in [0.25, 0.3) is 0 Å². The van der Waals surface area contributed by atoms with Gasteiger partial charge in [0.1, 0.15) is 5.75 Å². The number of nitrogens with one attached hydrogen (secondary N) is 1. The van der Waals surface area contributed by atoms with Crippen molar-refractivity contribution in [3.63, 3.8) is 0 Å². The molecule has 1 N–H and O–H groups in total. The van der Waals surface area contributed by atoms with Crippen molar-refractivity contribution in [3.8, 4) is 5.75 Å². The van der Waals surface area contributed by atoms with Crippen LogP contribution in [0.4, 0.5) is 5.69 Å². The summed E-state index contributed by atoms with van der Waals surface area (Å²) in [5, 5.41) is 4.19. The predicted octanol–water partition coefficient (Wildman–Crippen LogP) is 5.41. The molecule has 0 unspecified atom stereocenters. The van der Waals surface area contributed by atoms with Gasteiger partial charge in [-0.1, -0.05) is 29.3 Å². The van der Waals surface area contributed by atoms with Crippen LogP contribution >= 0.6 is 23.2 Å². The van der Waals surface area contributed by atoms with E-state index in [1.807, 2.05) is 32.0 Å². The fourth-order valence-electron chi connectivity index (χ4n) is 2.07. The zero-order chi connectivity index (χ0) is 16.8. The van der Waals surface area contributed by atoms with Gasteiger partial charge in [0.05, 0.1) is 6.61 Å². The monoisotopic (exact) mass is 351 g/mol. The molecule has 2 aromatic rings. The van der Waals surface area contributed by atoms with Crippen molar-refractivity contribution >= 4 is 34.8 Å². The first-order chi connectivity index (χ1) is 11.0. The van der Waals surface area contributed by atoms with E-state index in [9.17, 15) is 4.79 Å². The summed E-state index contributed by atoms with van der Waals surface area (Å²) in [6.07, 6.45) is 1.02. The second-order valence-corrected chi connectivity index (χ2v) is 6.21. The van der Waals surface area contributed by atoms with E-state index in [2.05, 4.69) is 5.32 Å². The molecule has 2 aromatic carbocycles. The molecule has 0 aliphatic carbocycles. The Morgan fingerprint density at radius 2 is 1.87 bits per heavy atom. The fourth-order valence-corrected chi connectivity index (χ4v) is 2.36. The highest BCUT2D eigenvalue weighted by atomic mass is 35.5. The van der Waals surface area contributed by atoms with E-state index >= 15 is 0 Å². The Labute approximate surface area is 146 Å². The number of rotatable bonds is 6.